The predicted octanol–water partition coefficient (Wildman–Crippen LogP) is 4.47. The Kier molecular flexibility index (Phi) is 4.59. The molecule has 0 atom stereocenters. The molecule has 0 radical (unpaired) electrons. The van der Waals surface area contributed by atoms with Crippen LogP contribution in [-0.4, -0.2) is 13.4 Å². The van der Waals surface area contributed by atoms with E-state index in [0.29, 0.717) is 5.69 Å². The van der Waals surface area contributed by atoms with E-state index in [4.69, 9.17) is 0 Å². The maximum absolute atomic E-state index is 12.7. The summed E-state index contributed by atoms with van der Waals surface area (Å²) in [6.07, 6.45) is 1.73. The van der Waals surface area contributed by atoms with E-state index in [9.17, 15) is 8.42 Å². The molecule has 1 heterocycles. The molecule has 4 nitrogen and oxygen atoms in total. The van der Waals surface area contributed by atoms with Gasteiger partial charge in [0.25, 0.3) is 10.0 Å². The third kappa shape index (κ3) is 3.72. The standard InChI is InChI=1S/C20H20N2O2S/c1-14-6-10-18(11-7-14)25(23,24)22-19-13-17(9-8-15(19)2)20-16(3)5-4-12-21-20/h4-13,22H,1-3H3. The third-order valence-electron chi connectivity index (χ3n) is 4.10. The van der Waals surface area contributed by atoms with Crippen molar-refractivity contribution in [3.8, 4) is 11.3 Å². The van der Waals surface area contributed by atoms with Gasteiger partial charge >= 0.3 is 0 Å². The number of rotatable bonds is 4. The van der Waals surface area contributed by atoms with Crippen LogP contribution in [0.3, 0.4) is 0 Å². The van der Waals surface area contributed by atoms with Crippen molar-refractivity contribution in [3.05, 3.63) is 77.5 Å². The van der Waals surface area contributed by atoms with E-state index >= 15 is 0 Å². The Labute approximate surface area is 148 Å². The molecular formula is C20H20N2O2S. The monoisotopic (exact) mass is 352 g/mol. The van der Waals surface area contributed by atoms with Crippen LogP contribution in [0.15, 0.2) is 65.7 Å². The van der Waals surface area contributed by atoms with Gasteiger partial charge in [0, 0.05) is 11.8 Å². The average Bonchev–Trinajstić information content (AvgIpc) is 2.58. The number of sulfonamides is 1. The first kappa shape index (κ1) is 17.2. The number of aromatic nitrogens is 1. The lowest BCUT2D eigenvalue weighted by Gasteiger charge is -2.13. The van der Waals surface area contributed by atoms with Crippen LogP contribution >= 0.6 is 0 Å². The largest absolute Gasteiger partial charge is 0.279 e. The van der Waals surface area contributed by atoms with Crippen molar-refractivity contribution in [1.82, 2.24) is 4.98 Å². The molecule has 0 spiro atoms. The molecule has 0 fully saturated rings. The Hall–Kier alpha value is -2.66. The van der Waals surface area contributed by atoms with Crippen molar-refractivity contribution in [2.45, 2.75) is 25.7 Å². The van der Waals surface area contributed by atoms with Crippen LogP contribution in [0, 0.1) is 20.8 Å². The average molecular weight is 352 g/mol. The molecule has 128 valence electrons. The van der Waals surface area contributed by atoms with Crippen molar-refractivity contribution in [2.24, 2.45) is 0 Å². The minimum atomic E-state index is -3.63. The number of nitrogens with one attached hydrogen (secondary N) is 1. The van der Waals surface area contributed by atoms with Gasteiger partial charge in [-0.15, -0.1) is 0 Å². The summed E-state index contributed by atoms with van der Waals surface area (Å²) in [5.41, 5.74) is 5.20. The van der Waals surface area contributed by atoms with Gasteiger partial charge in [0.2, 0.25) is 0 Å². The molecule has 3 aromatic rings. The Morgan fingerprint density at radius 2 is 1.60 bits per heavy atom. The highest BCUT2D eigenvalue weighted by atomic mass is 32.2. The zero-order chi connectivity index (χ0) is 18.0. The van der Waals surface area contributed by atoms with Gasteiger partial charge in [0.1, 0.15) is 0 Å². The predicted molar refractivity (Wildman–Crippen MR) is 101 cm³/mol. The highest BCUT2D eigenvalue weighted by molar-refractivity contribution is 7.92. The maximum Gasteiger partial charge on any atom is 0.261 e. The number of anilines is 1. The fraction of sp³-hybridized carbons (Fsp3) is 0.150. The second-order valence-electron chi connectivity index (χ2n) is 6.12. The summed E-state index contributed by atoms with van der Waals surface area (Å²) in [7, 11) is -3.63. The summed E-state index contributed by atoms with van der Waals surface area (Å²) in [5, 5.41) is 0. The van der Waals surface area contributed by atoms with Gasteiger partial charge < -0.3 is 0 Å². The summed E-state index contributed by atoms with van der Waals surface area (Å²) in [5.74, 6) is 0. The third-order valence-corrected chi connectivity index (χ3v) is 5.48. The van der Waals surface area contributed by atoms with Crippen LogP contribution < -0.4 is 4.72 Å². The van der Waals surface area contributed by atoms with E-state index in [0.717, 1.165) is 27.9 Å². The molecule has 0 saturated carbocycles. The molecule has 0 aliphatic rings. The number of benzene rings is 2. The molecule has 0 bridgehead atoms. The van der Waals surface area contributed by atoms with Crippen molar-refractivity contribution >= 4 is 15.7 Å². The first-order valence-electron chi connectivity index (χ1n) is 7.99. The molecule has 0 amide bonds. The van der Waals surface area contributed by atoms with Crippen LogP contribution in [-0.2, 0) is 10.0 Å². The smallest absolute Gasteiger partial charge is 0.261 e. The zero-order valence-electron chi connectivity index (χ0n) is 14.4. The van der Waals surface area contributed by atoms with Gasteiger partial charge in [0.15, 0.2) is 0 Å². The summed E-state index contributed by atoms with van der Waals surface area (Å²) in [4.78, 5) is 4.65. The van der Waals surface area contributed by atoms with Crippen LogP contribution in [0.25, 0.3) is 11.3 Å². The van der Waals surface area contributed by atoms with Gasteiger partial charge in [0.05, 0.1) is 16.3 Å². The maximum atomic E-state index is 12.7. The van der Waals surface area contributed by atoms with E-state index in [1.54, 1.807) is 30.5 Å². The SMILES string of the molecule is Cc1ccc(S(=O)(=O)Nc2cc(-c3ncccc3C)ccc2C)cc1. The lowest BCUT2D eigenvalue weighted by atomic mass is 10.0. The van der Waals surface area contributed by atoms with E-state index in [-0.39, 0.29) is 4.90 Å². The van der Waals surface area contributed by atoms with Crippen LogP contribution in [0.5, 0.6) is 0 Å². The lowest BCUT2D eigenvalue weighted by molar-refractivity contribution is 0.601. The van der Waals surface area contributed by atoms with Gasteiger partial charge in [-0.05, 0) is 56.2 Å². The molecule has 1 N–H and O–H groups in total. The molecule has 0 saturated heterocycles. The Balaban J connectivity index is 1.99. The first-order chi connectivity index (χ1) is 11.9. The summed E-state index contributed by atoms with van der Waals surface area (Å²) in [6.45, 7) is 5.78. The summed E-state index contributed by atoms with van der Waals surface area (Å²) >= 11 is 0. The normalized spacial score (nSPS) is 11.3. The quantitative estimate of drug-likeness (QED) is 0.753. The van der Waals surface area contributed by atoms with Crippen molar-refractivity contribution < 1.29 is 8.42 Å². The van der Waals surface area contributed by atoms with E-state index < -0.39 is 10.0 Å². The van der Waals surface area contributed by atoms with Gasteiger partial charge in [-0.2, -0.15) is 0 Å². The van der Waals surface area contributed by atoms with Crippen LogP contribution in [0.2, 0.25) is 0 Å². The molecular weight excluding hydrogens is 332 g/mol. The summed E-state index contributed by atoms with van der Waals surface area (Å²) < 4.78 is 28.0. The van der Waals surface area contributed by atoms with E-state index in [1.165, 1.54) is 0 Å². The molecule has 0 aliphatic heterocycles. The fourth-order valence-electron chi connectivity index (χ4n) is 2.59. The Bertz CT molecular complexity index is 1010. The van der Waals surface area contributed by atoms with E-state index in [2.05, 4.69) is 9.71 Å². The molecule has 3 rings (SSSR count). The number of hydrogen-bond donors (Lipinski definition) is 1. The molecule has 2 aromatic carbocycles. The second kappa shape index (κ2) is 6.69. The highest BCUT2D eigenvalue weighted by Gasteiger charge is 2.16. The Morgan fingerprint density at radius 1 is 0.880 bits per heavy atom. The molecule has 5 heteroatoms. The summed E-state index contributed by atoms with van der Waals surface area (Å²) in [6, 6.07) is 16.3. The van der Waals surface area contributed by atoms with Crippen molar-refractivity contribution in [2.75, 3.05) is 4.72 Å². The molecule has 0 unspecified atom stereocenters. The first-order valence-corrected chi connectivity index (χ1v) is 9.47. The molecule has 25 heavy (non-hydrogen) atoms. The second-order valence-corrected chi connectivity index (χ2v) is 7.80. The van der Waals surface area contributed by atoms with Crippen molar-refractivity contribution in [3.63, 3.8) is 0 Å². The number of nitrogens with zero attached hydrogens (tertiary/aromatic N) is 1. The minimum Gasteiger partial charge on any atom is -0.279 e. The van der Waals surface area contributed by atoms with Gasteiger partial charge in [-0.25, -0.2) is 8.42 Å². The highest BCUT2D eigenvalue weighted by Crippen LogP contribution is 2.27. The van der Waals surface area contributed by atoms with Crippen LogP contribution in [0.4, 0.5) is 5.69 Å². The zero-order valence-corrected chi connectivity index (χ0v) is 15.3. The fourth-order valence-corrected chi connectivity index (χ4v) is 3.71. The topological polar surface area (TPSA) is 59.1 Å². The van der Waals surface area contributed by atoms with E-state index in [1.807, 2.05) is 51.1 Å². The number of hydrogen-bond acceptors (Lipinski definition) is 3. The molecule has 1 aromatic heterocycles. The van der Waals surface area contributed by atoms with Crippen LogP contribution in [0.1, 0.15) is 16.7 Å². The van der Waals surface area contributed by atoms with Gasteiger partial charge in [-0.3, -0.25) is 9.71 Å². The number of pyridine rings is 1. The minimum absolute atomic E-state index is 0.247. The number of aryl methyl sites for hydroxylation is 3. The lowest BCUT2D eigenvalue weighted by Crippen LogP contribution is -2.13. The molecule has 0 aliphatic carbocycles. The van der Waals surface area contributed by atoms with Crippen molar-refractivity contribution in [1.29, 1.82) is 0 Å². The van der Waals surface area contributed by atoms with Gasteiger partial charge in [-0.1, -0.05) is 35.9 Å². The Morgan fingerprint density at radius 3 is 2.28 bits per heavy atom.